The first kappa shape index (κ1) is 9.83. The normalized spacial score (nSPS) is 20.0. The molecule has 15 heavy (non-hydrogen) atoms. The number of amides is 1. The van der Waals surface area contributed by atoms with Gasteiger partial charge in [0.25, 0.3) is 0 Å². The van der Waals surface area contributed by atoms with E-state index in [0.29, 0.717) is 12.3 Å². The first-order chi connectivity index (χ1) is 7.20. The molecule has 1 atom stereocenters. The van der Waals surface area contributed by atoms with Crippen LogP contribution in [0.4, 0.5) is 4.39 Å². The molecule has 1 aromatic rings. The smallest absolute Gasteiger partial charge is 0.250 e. The van der Waals surface area contributed by atoms with Crippen molar-refractivity contribution < 1.29 is 9.18 Å². The molecule has 78 valence electrons. The molecule has 1 heterocycles. The highest BCUT2D eigenvalue weighted by atomic mass is 19.1. The summed E-state index contributed by atoms with van der Waals surface area (Å²) in [5, 5.41) is 2.68. The number of rotatable bonds is 2. The quantitative estimate of drug-likeness (QED) is 0.782. The van der Waals surface area contributed by atoms with E-state index in [0.717, 1.165) is 5.56 Å². The number of nitrogens with one attached hydrogen (secondary N) is 1. The van der Waals surface area contributed by atoms with Crippen molar-refractivity contribution >= 4 is 11.7 Å². The molecule has 1 aliphatic rings. The number of hydrogen-bond acceptors (Lipinski definition) is 2. The Labute approximate surface area is 87.0 Å². The first-order valence-corrected chi connectivity index (χ1v) is 4.85. The summed E-state index contributed by atoms with van der Waals surface area (Å²) in [6.45, 7) is 1.90. The molecule has 0 radical (unpaired) electrons. The van der Waals surface area contributed by atoms with Crippen molar-refractivity contribution in [1.29, 1.82) is 0 Å². The number of amidine groups is 1. The Hall–Kier alpha value is -1.71. The summed E-state index contributed by atoms with van der Waals surface area (Å²) in [5.41, 5.74) is 0.737. The van der Waals surface area contributed by atoms with Crippen LogP contribution in [0.2, 0.25) is 0 Å². The summed E-state index contributed by atoms with van der Waals surface area (Å²) < 4.78 is 12.7. The van der Waals surface area contributed by atoms with Gasteiger partial charge in [0.1, 0.15) is 17.7 Å². The van der Waals surface area contributed by atoms with Crippen LogP contribution in [-0.4, -0.2) is 17.8 Å². The zero-order chi connectivity index (χ0) is 10.8. The molecule has 4 heteroatoms. The number of benzene rings is 1. The Morgan fingerprint density at radius 2 is 2.07 bits per heavy atom. The second-order valence-electron chi connectivity index (χ2n) is 3.40. The molecule has 0 aromatic heterocycles. The van der Waals surface area contributed by atoms with E-state index in [4.69, 9.17) is 0 Å². The van der Waals surface area contributed by atoms with Gasteiger partial charge in [-0.05, 0) is 30.7 Å². The molecular formula is C11H11FN2O. The number of carbonyl (C=O) groups is 1. The first-order valence-electron chi connectivity index (χ1n) is 4.85. The van der Waals surface area contributed by atoms with Gasteiger partial charge in [0.05, 0.1) is 0 Å². The lowest BCUT2D eigenvalue weighted by molar-refractivity contribution is -0.120. The van der Waals surface area contributed by atoms with E-state index in [-0.39, 0.29) is 17.8 Å². The topological polar surface area (TPSA) is 41.5 Å². The second-order valence-corrected chi connectivity index (χ2v) is 3.40. The number of nitrogens with zero attached hydrogens (tertiary/aromatic N) is 1. The fraction of sp³-hybridized carbons (Fsp3) is 0.273. The molecule has 3 nitrogen and oxygen atoms in total. The van der Waals surface area contributed by atoms with Crippen LogP contribution >= 0.6 is 0 Å². The van der Waals surface area contributed by atoms with E-state index in [1.54, 1.807) is 12.1 Å². The number of halogens is 1. The maximum Gasteiger partial charge on any atom is 0.250 e. The van der Waals surface area contributed by atoms with Crippen LogP contribution in [0.5, 0.6) is 0 Å². The Balaban J connectivity index is 2.26. The van der Waals surface area contributed by atoms with Gasteiger partial charge in [-0.1, -0.05) is 6.92 Å². The van der Waals surface area contributed by atoms with Gasteiger partial charge in [-0.3, -0.25) is 9.79 Å². The summed E-state index contributed by atoms with van der Waals surface area (Å²) in [4.78, 5) is 15.6. The monoisotopic (exact) mass is 206 g/mol. The van der Waals surface area contributed by atoms with Gasteiger partial charge in [-0.2, -0.15) is 0 Å². The van der Waals surface area contributed by atoms with Gasteiger partial charge in [-0.15, -0.1) is 0 Å². The Kier molecular flexibility index (Phi) is 2.49. The Morgan fingerprint density at radius 1 is 1.40 bits per heavy atom. The van der Waals surface area contributed by atoms with E-state index < -0.39 is 0 Å². The molecule has 1 aliphatic heterocycles. The molecule has 0 fully saturated rings. The zero-order valence-corrected chi connectivity index (χ0v) is 8.33. The lowest BCUT2D eigenvalue weighted by Gasteiger charge is -1.99. The van der Waals surface area contributed by atoms with E-state index >= 15 is 0 Å². The van der Waals surface area contributed by atoms with E-state index in [1.807, 2.05) is 6.92 Å². The fourth-order valence-electron chi connectivity index (χ4n) is 1.48. The van der Waals surface area contributed by atoms with Gasteiger partial charge in [0.2, 0.25) is 5.91 Å². The van der Waals surface area contributed by atoms with Crippen LogP contribution < -0.4 is 5.32 Å². The largest absolute Gasteiger partial charge is 0.309 e. The number of aliphatic imine (C=N–C) groups is 1. The molecule has 1 aromatic carbocycles. The van der Waals surface area contributed by atoms with Crippen molar-refractivity contribution in [1.82, 2.24) is 5.32 Å². The van der Waals surface area contributed by atoms with E-state index in [9.17, 15) is 9.18 Å². The summed E-state index contributed by atoms with van der Waals surface area (Å²) in [7, 11) is 0. The molecule has 0 spiro atoms. The predicted molar refractivity (Wildman–Crippen MR) is 55.2 cm³/mol. The summed E-state index contributed by atoms with van der Waals surface area (Å²) >= 11 is 0. The Bertz CT molecular complexity index is 411. The summed E-state index contributed by atoms with van der Waals surface area (Å²) in [5.74, 6) is 0.152. The molecular weight excluding hydrogens is 195 g/mol. The van der Waals surface area contributed by atoms with Crippen LogP contribution in [0, 0.1) is 5.82 Å². The number of carbonyl (C=O) groups excluding carboxylic acids is 1. The fourth-order valence-corrected chi connectivity index (χ4v) is 1.48. The van der Waals surface area contributed by atoms with Gasteiger partial charge in [-0.25, -0.2) is 4.39 Å². The van der Waals surface area contributed by atoms with Gasteiger partial charge >= 0.3 is 0 Å². The third kappa shape index (κ3) is 1.88. The van der Waals surface area contributed by atoms with Gasteiger partial charge in [0, 0.05) is 5.56 Å². The lowest BCUT2D eigenvalue weighted by Crippen LogP contribution is -2.28. The van der Waals surface area contributed by atoms with Crippen molar-refractivity contribution in [2.45, 2.75) is 19.4 Å². The SMILES string of the molecule is CCC1N=C(c2ccc(F)cc2)NC1=O. The Morgan fingerprint density at radius 3 is 2.60 bits per heavy atom. The highest BCUT2D eigenvalue weighted by Crippen LogP contribution is 2.11. The minimum Gasteiger partial charge on any atom is -0.309 e. The molecule has 2 rings (SSSR count). The molecule has 0 bridgehead atoms. The molecule has 0 saturated carbocycles. The maximum atomic E-state index is 12.7. The van der Waals surface area contributed by atoms with Crippen molar-refractivity contribution in [3.05, 3.63) is 35.6 Å². The average Bonchev–Trinajstić information content (AvgIpc) is 2.61. The molecule has 0 saturated heterocycles. The van der Waals surface area contributed by atoms with Crippen LogP contribution in [0.3, 0.4) is 0 Å². The van der Waals surface area contributed by atoms with Crippen LogP contribution in [0.25, 0.3) is 0 Å². The van der Waals surface area contributed by atoms with Crippen molar-refractivity contribution in [2.24, 2.45) is 4.99 Å². The van der Waals surface area contributed by atoms with Crippen LogP contribution in [0.1, 0.15) is 18.9 Å². The lowest BCUT2D eigenvalue weighted by atomic mass is 10.2. The number of hydrogen-bond donors (Lipinski definition) is 1. The third-order valence-corrected chi connectivity index (χ3v) is 2.33. The second kappa shape index (κ2) is 3.81. The van der Waals surface area contributed by atoms with Crippen molar-refractivity contribution in [3.8, 4) is 0 Å². The third-order valence-electron chi connectivity index (χ3n) is 2.33. The zero-order valence-electron chi connectivity index (χ0n) is 8.33. The molecule has 1 unspecified atom stereocenters. The molecule has 1 N–H and O–H groups in total. The molecule has 1 amide bonds. The minimum absolute atomic E-state index is 0.0863. The average molecular weight is 206 g/mol. The summed E-state index contributed by atoms with van der Waals surface area (Å²) in [6.07, 6.45) is 0.677. The van der Waals surface area contributed by atoms with Crippen molar-refractivity contribution in [2.75, 3.05) is 0 Å². The van der Waals surface area contributed by atoms with Gasteiger partial charge < -0.3 is 5.32 Å². The minimum atomic E-state index is -0.301. The predicted octanol–water partition coefficient (Wildman–Crippen LogP) is 1.48. The van der Waals surface area contributed by atoms with E-state index in [1.165, 1.54) is 12.1 Å². The van der Waals surface area contributed by atoms with Crippen LogP contribution in [-0.2, 0) is 4.79 Å². The van der Waals surface area contributed by atoms with Gasteiger partial charge in [0.15, 0.2) is 0 Å². The van der Waals surface area contributed by atoms with Crippen LogP contribution in [0.15, 0.2) is 29.3 Å². The maximum absolute atomic E-state index is 12.7. The van der Waals surface area contributed by atoms with Crippen molar-refractivity contribution in [3.63, 3.8) is 0 Å². The highest BCUT2D eigenvalue weighted by Gasteiger charge is 2.24. The standard InChI is InChI=1S/C11H11FN2O/c1-2-9-11(15)14-10(13-9)7-3-5-8(12)6-4-7/h3-6,9H,2H2,1H3,(H,13,14,15). The summed E-state index contributed by atoms with van der Waals surface area (Å²) in [6, 6.07) is 5.61. The van der Waals surface area contributed by atoms with E-state index in [2.05, 4.69) is 10.3 Å². The molecule has 0 aliphatic carbocycles. The highest BCUT2D eigenvalue weighted by molar-refractivity contribution is 6.13.